The quantitative estimate of drug-likeness (QED) is 0.325. The molecule has 2 heterocycles. The van der Waals surface area contributed by atoms with Crippen LogP contribution >= 0.6 is 43.2 Å². The van der Waals surface area contributed by atoms with E-state index in [-0.39, 0.29) is 18.3 Å². The number of hydrogen-bond acceptors (Lipinski definition) is 9. The van der Waals surface area contributed by atoms with Crippen molar-refractivity contribution in [3.05, 3.63) is 28.4 Å². The summed E-state index contributed by atoms with van der Waals surface area (Å²) in [6.45, 7) is 6.81. The van der Waals surface area contributed by atoms with Crippen LogP contribution < -0.4 is 5.69 Å². The first-order chi connectivity index (χ1) is 13.8. The molecule has 4 atom stereocenters. The number of aliphatic hydroxyl groups is 1. The lowest BCUT2D eigenvalue weighted by atomic mass is 10.00. The molecule has 1 unspecified atom stereocenters. The molecule has 170 valence electrons. The number of aromatic nitrogens is 2. The fourth-order valence-electron chi connectivity index (χ4n) is 2.45. The predicted molar refractivity (Wildman–Crippen MR) is 115 cm³/mol. The minimum absolute atomic E-state index is 0.00149. The van der Waals surface area contributed by atoms with Gasteiger partial charge < -0.3 is 18.9 Å². The number of halogens is 2. The van der Waals surface area contributed by atoms with Crippen LogP contribution in [0.5, 0.6) is 0 Å². The second-order valence-corrected chi connectivity index (χ2v) is 11.3. The van der Waals surface area contributed by atoms with Crippen molar-refractivity contribution < 1.29 is 28.3 Å². The summed E-state index contributed by atoms with van der Waals surface area (Å²) in [5.41, 5.74) is -0.607. The van der Waals surface area contributed by atoms with Gasteiger partial charge in [-0.25, -0.2) is 4.79 Å². The molecule has 9 nitrogen and oxygen atoms in total. The summed E-state index contributed by atoms with van der Waals surface area (Å²) in [6.07, 6.45) is -2.28. The third-order valence-corrected chi connectivity index (χ3v) is 7.02. The zero-order valence-electron chi connectivity index (χ0n) is 17.0. The average Bonchev–Trinajstić information content (AvgIpc) is 2.86. The summed E-state index contributed by atoms with van der Waals surface area (Å²) in [5.74, 6) is 0.330. The van der Waals surface area contributed by atoms with Gasteiger partial charge in [-0.15, -0.1) is 0 Å². The largest absolute Gasteiger partial charge is 0.387 e. The molecular formula is C17H25Cl2N2O7PS. The summed E-state index contributed by atoms with van der Waals surface area (Å²) in [5, 5.41) is 10.4. The van der Waals surface area contributed by atoms with E-state index in [1.54, 1.807) is 13.0 Å². The molecule has 0 radical (unpaired) electrons. The second-order valence-electron chi connectivity index (χ2n) is 7.70. The van der Waals surface area contributed by atoms with Gasteiger partial charge in [0.25, 0.3) is 0 Å². The zero-order valence-corrected chi connectivity index (χ0v) is 20.3. The van der Waals surface area contributed by atoms with Gasteiger partial charge in [0, 0.05) is 23.1 Å². The van der Waals surface area contributed by atoms with Crippen molar-refractivity contribution in [2.45, 2.75) is 50.5 Å². The maximum Gasteiger partial charge on any atom is 0.349 e. The van der Waals surface area contributed by atoms with Crippen LogP contribution in [-0.4, -0.2) is 55.3 Å². The molecule has 2 rings (SSSR count). The zero-order chi connectivity index (χ0) is 22.7. The molecule has 0 saturated carbocycles. The fourth-order valence-corrected chi connectivity index (χ4v) is 4.63. The Morgan fingerprint density at radius 1 is 1.43 bits per heavy atom. The third kappa shape index (κ3) is 6.53. The molecule has 30 heavy (non-hydrogen) atoms. The number of hydrogen-bond donors (Lipinski definition) is 1. The Labute approximate surface area is 189 Å². The number of rotatable bonds is 8. The normalized spacial score (nSPS) is 24.7. The van der Waals surface area contributed by atoms with Crippen molar-refractivity contribution in [1.29, 1.82) is 0 Å². The van der Waals surface area contributed by atoms with E-state index >= 15 is 0 Å². The summed E-state index contributed by atoms with van der Waals surface area (Å²) < 4.78 is 26.9. The Balaban J connectivity index is 1.86. The molecule has 1 aliphatic rings. The smallest absolute Gasteiger partial charge is 0.349 e. The topological polar surface area (TPSA) is 117 Å². The van der Waals surface area contributed by atoms with E-state index in [1.807, 2.05) is 20.8 Å². The summed E-state index contributed by atoms with van der Waals surface area (Å²) in [7, 11) is -2.90. The van der Waals surface area contributed by atoms with Gasteiger partial charge in [0.05, 0.1) is 13.2 Å². The minimum atomic E-state index is -2.90. The van der Waals surface area contributed by atoms with Gasteiger partial charge in [-0.2, -0.15) is 4.98 Å². The Kier molecular flexibility index (Phi) is 8.98. The van der Waals surface area contributed by atoms with Crippen LogP contribution in [0.1, 0.15) is 32.7 Å². The minimum Gasteiger partial charge on any atom is -0.387 e. The average molecular weight is 503 g/mol. The van der Waals surface area contributed by atoms with E-state index < -0.39 is 42.1 Å². The first-order valence-corrected chi connectivity index (χ1v) is 12.0. The predicted octanol–water partition coefficient (Wildman–Crippen LogP) is 2.71. The first kappa shape index (κ1) is 25.8. The molecule has 1 aliphatic heterocycles. The van der Waals surface area contributed by atoms with Crippen LogP contribution in [0.15, 0.2) is 17.1 Å². The van der Waals surface area contributed by atoms with Crippen molar-refractivity contribution in [3.63, 3.8) is 0 Å². The van der Waals surface area contributed by atoms with Crippen molar-refractivity contribution >= 4 is 48.3 Å². The van der Waals surface area contributed by atoms with Crippen molar-refractivity contribution in [3.8, 4) is 0 Å². The summed E-state index contributed by atoms with van der Waals surface area (Å²) in [4.78, 5) is 27.7. The maximum atomic E-state index is 12.1. The number of carbonyl (C=O) groups is 1. The highest BCUT2D eigenvalue weighted by atomic mass is 35.5. The van der Waals surface area contributed by atoms with Gasteiger partial charge in [-0.3, -0.25) is 13.9 Å². The van der Waals surface area contributed by atoms with Gasteiger partial charge in [0.1, 0.15) is 12.2 Å². The van der Waals surface area contributed by atoms with E-state index in [2.05, 4.69) is 4.98 Å². The molecule has 0 amide bonds. The van der Waals surface area contributed by atoms with Gasteiger partial charge in [-0.05, 0) is 13.0 Å². The highest BCUT2D eigenvalue weighted by Gasteiger charge is 2.55. The molecule has 1 fully saturated rings. The van der Waals surface area contributed by atoms with Crippen LogP contribution in [0.2, 0.25) is 0 Å². The molecule has 0 aromatic carbocycles. The fraction of sp³-hybridized carbons (Fsp3) is 0.706. The monoisotopic (exact) mass is 502 g/mol. The molecule has 1 N–H and O–H groups in total. The Bertz CT molecular complexity index is 846. The molecule has 1 aromatic rings. The Hall–Kier alpha value is -0.450. The van der Waals surface area contributed by atoms with E-state index in [0.29, 0.717) is 11.4 Å². The van der Waals surface area contributed by atoms with E-state index in [1.165, 1.54) is 6.20 Å². The van der Waals surface area contributed by atoms with E-state index in [4.69, 9.17) is 37.0 Å². The Morgan fingerprint density at radius 2 is 2.10 bits per heavy atom. The molecule has 0 spiro atoms. The number of alkyl halides is 2. The van der Waals surface area contributed by atoms with Crippen LogP contribution in [0, 0.1) is 12.3 Å². The summed E-state index contributed by atoms with van der Waals surface area (Å²) in [6, 6.07) is 1.57. The van der Waals surface area contributed by atoms with Gasteiger partial charge in [0.15, 0.2) is 15.7 Å². The van der Waals surface area contributed by atoms with Crippen LogP contribution in [0.4, 0.5) is 0 Å². The lowest BCUT2D eigenvalue weighted by Gasteiger charge is -2.24. The number of aryl methyl sites for hydroxylation is 1. The highest BCUT2D eigenvalue weighted by Crippen LogP contribution is 2.46. The van der Waals surface area contributed by atoms with E-state index in [9.17, 15) is 19.3 Å². The van der Waals surface area contributed by atoms with Gasteiger partial charge >= 0.3 is 13.9 Å². The number of aliphatic hydroxyl groups excluding tert-OH is 1. The Morgan fingerprint density at radius 3 is 2.70 bits per heavy atom. The van der Waals surface area contributed by atoms with Gasteiger partial charge in [-0.1, -0.05) is 55.7 Å². The van der Waals surface area contributed by atoms with Crippen molar-refractivity contribution in [2.24, 2.45) is 5.41 Å². The molecule has 1 aromatic heterocycles. The molecule has 13 heteroatoms. The standard InChI is InChI=1S/C17H25Cl2N2O7PS/c1-10-5-6-21(15(24)20-10)13-17(18,19)12(22)11(28-13)9-27-29(25)26-7-8-30-14(23)16(2,3)4/h5-6,11-13,22,29H,7-9H2,1-4H3/t11-,12-,13-/m1/s1. The van der Waals surface area contributed by atoms with Crippen LogP contribution in [0.3, 0.4) is 0 Å². The summed E-state index contributed by atoms with van der Waals surface area (Å²) >= 11 is 13.5. The number of thioether (sulfide) groups is 1. The number of ether oxygens (including phenoxy) is 1. The van der Waals surface area contributed by atoms with Crippen LogP contribution in [-0.2, 0) is 23.1 Å². The number of carbonyl (C=O) groups excluding carboxylic acids is 1. The van der Waals surface area contributed by atoms with Crippen molar-refractivity contribution in [1.82, 2.24) is 9.55 Å². The van der Waals surface area contributed by atoms with Gasteiger partial charge in [0.2, 0.25) is 0 Å². The van der Waals surface area contributed by atoms with E-state index in [0.717, 1.165) is 16.3 Å². The second kappa shape index (κ2) is 10.4. The number of nitrogens with zero attached hydrogens (tertiary/aromatic N) is 2. The molecule has 0 bridgehead atoms. The molecule has 1 saturated heterocycles. The van der Waals surface area contributed by atoms with Crippen LogP contribution in [0.25, 0.3) is 0 Å². The lowest BCUT2D eigenvalue weighted by molar-refractivity contribution is -0.117. The first-order valence-electron chi connectivity index (χ1n) is 9.08. The lowest BCUT2D eigenvalue weighted by Crippen LogP contribution is -2.40. The maximum absolute atomic E-state index is 12.1. The molecule has 0 aliphatic carbocycles. The SMILES string of the molecule is Cc1ccn([C@@H]2O[C@H](CO[PH](=O)OCCSC(=O)C(C)(C)C)[C@@H](O)C2(Cl)Cl)c(=O)n1. The van der Waals surface area contributed by atoms with Crippen molar-refractivity contribution in [2.75, 3.05) is 19.0 Å². The molecular weight excluding hydrogens is 478 g/mol. The highest BCUT2D eigenvalue weighted by molar-refractivity contribution is 8.13. The third-order valence-electron chi connectivity index (χ3n) is 4.12.